The van der Waals surface area contributed by atoms with Crippen LogP contribution in [0.5, 0.6) is 11.8 Å². The Hall–Kier alpha value is -4.44. The molecule has 0 saturated carbocycles. The standard InChI is InChI=1S/C22H17ClN6O4/c23-16-7-3-4-8-17(16)27-21(32)28-18-10-14(9-13-5-1-2-6-15(13)18)33-22-26-12-25-20(29-22)24-11-19(30)31/h1-10,12H,11H2,(H,30,31)(H2,27,28,32)(H,24,25,26,29). The van der Waals surface area contributed by atoms with E-state index in [1.165, 1.54) is 6.33 Å². The average molecular weight is 465 g/mol. The lowest BCUT2D eigenvalue weighted by Crippen LogP contribution is -2.19. The quantitative estimate of drug-likeness (QED) is 0.311. The number of nitrogens with one attached hydrogen (secondary N) is 3. The molecule has 0 bridgehead atoms. The Morgan fingerprint density at radius 1 is 0.970 bits per heavy atom. The highest BCUT2D eigenvalue weighted by Crippen LogP contribution is 2.31. The molecule has 4 rings (SSSR count). The minimum Gasteiger partial charge on any atom is -0.480 e. The largest absolute Gasteiger partial charge is 0.480 e. The fourth-order valence-electron chi connectivity index (χ4n) is 2.96. The molecule has 0 aliphatic rings. The van der Waals surface area contributed by atoms with E-state index >= 15 is 0 Å². The Bertz CT molecular complexity index is 1330. The topological polar surface area (TPSA) is 138 Å². The minimum atomic E-state index is -1.06. The number of nitrogens with zero attached hydrogens (tertiary/aromatic N) is 3. The van der Waals surface area contributed by atoms with Gasteiger partial charge < -0.3 is 25.8 Å². The van der Waals surface area contributed by atoms with Crippen LogP contribution < -0.4 is 20.7 Å². The van der Waals surface area contributed by atoms with Crippen LogP contribution in [0, 0.1) is 0 Å². The van der Waals surface area contributed by atoms with Crippen LogP contribution in [-0.2, 0) is 4.79 Å². The van der Waals surface area contributed by atoms with Gasteiger partial charge in [-0.3, -0.25) is 4.79 Å². The first-order valence-electron chi connectivity index (χ1n) is 9.66. The highest BCUT2D eigenvalue weighted by atomic mass is 35.5. The molecule has 0 fully saturated rings. The second kappa shape index (κ2) is 9.79. The van der Waals surface area contributed by atoms with Gasteiger partial charge in [-0.2, -0.15) is 9.97 Å². The van der Waals surface area contributed by atoms with Gasteiger partial charge >= 0.3 is 18.0 Å². The van der Waals surface area contributed by atoms with Gasteiger partial charge in [0.25, 0.3) is 0 Å². The van der Waals surface area contributed by atoms with Gasteiger partial charge in [0.1, 0.15) is 18.6 Å². The molecule has 10 nitrogen and oxygen atoms in total. The van der Waals surface area contributed by atoms with Gasteiger partial charge in [-0.05, 0) is 23.6 Å². The molecule has 4 N–H and O–H groups in total. The van der Waals surface area contributed by atoms with Crippen molar-refractivity contribution in [1.82, 2.24) is 15.0 Å². The molecule has 0 spiro atoms. The van der Waals surface area contributed by atoms with Crippen LogP contribution in [0.2, 0.25) is 5.02 Å². The van der Waals surface area contributed by atoms with Gasteiger partial charge in [0.15, 0.2) is 0 Å². The highest BCUT2D eigenvalue weighted by Gasteiger charge is 2.12. The molecule has 0 saturated heterocycles. The van der Waals surface area contributed by atoms with Crippen LogP contribution in [-0.4, -0.2) is 38.6 Å². The van der Waals surface area contributed by atoms with Gasteiger partial charge in [-0.25, -0.2) is 9.78 Å². The maximum absolute atomic E-state index is 12.6. The van der Waals surface area contributed by atoms with Gasteiger partial charge in [0, 0.05) is 11.5 Å². The zero-order chi connectivity index (χ0) is 23.2. The average Bonchev–Trinajstić information content (AvgIpc) is 2.79. The second-order valence-corrected chi connectivity index (χ2v) is 7.10. The summed E-state index contributed by atoms with van der Waals surface area (Å²) in [5.41, 5.74) is 0.964. The summed E-state index contributed by atoms with van der Waals surface area (Å²) in [6, 6.07) is 17.2. The number of aliphatic carboxylic acids is 1. The number of urea groups is 1. The maximum Gasteiger partial charge on any atom is 0.326 e. The van der Waals surface area contributed by atoms with E-state index in [0.29, 0.717) is 22.1 Å². The van der Waals surface area contributed by atoms with Crippen molar-refractivity contribution >= 4 is 51.7 Å². The van der Waals surface area contributed by atoms with E-state index in [2.05, 4.69) is 30.9 Å². The Labute approximate surface area is 192 Å². The molecule has 33 heavy (non-hydrogen) atoms. The Morgan fingerprint density at radius 3 is 2.55 bits per heavy atom. The van der Waals surface area contributed by atoms with Crippen LogP contribution in [0.15, 0.2) is 67.0 Å². The number of fused-ring (bicyclic) bond motifs is 1. The second-order valence-electron chi connectivity index (χ2n) is 6.69. The van der Waals surface area contributed by atoms with E-state index in [-0.39, 0.29) is 18.5 Å². The zero-order valence-electron chi connectivity index (χ0n) is 16.9. The molecule has 2 amide bonds. The molecule has 0 radical (unpaired) electrons. The number of hydrogen-bond acceptors (Lipinski definition) is 7. The lowest BCUT2D eigenvalue weighted by Gasteiger charge is -2.13. The van der Waals surface area contributed by atoms with Gasteiger partial charge in [-0.15, -0.1) is 0 Å². The molecular weight excluding hydrogens is 448 g/mol. The van der Waals surface area contributed by atoms with Crippen LogP contribution in [0.3, 0.4) is 0 Å². The van der Waals surface area contributed by atoms with E-state index < -0.39 is 12.0 Å². The summed E-state index contributed by atoms with van der Waals surface area (Å²) in [5, 5.41) is 18.9. The highest BCUT2D eigenvalue weighted by molar-refractivity contribution is 6.33. The molecule has 1 heterocycles. The van der Waals surface area contributed by atoms with Crippen molar-refractivity contribution in [2.24, 2.45) is 0 Å². The van der Waals surface area contributed by atoms with Crippen molar-refractivity contribution in [2.45, 2.75) is 0 Å². The first kappa shape index (κ1) is 21.8. The first-order valence-corrected chi connectivity index (χ1v) is 10.0. The number of carbonyl (C=O) groups excluding carboxylic acids is 1. The fraction of sp³-hybridized carbons (Fsp3) is 0.0455. The molecule has 0 atom stereocenters. The molecule has 0 unspecified atom stereocenters. The van der Waals surface area contributed by atoms with E-state index in [1.807, 2.05) is 24.3 Å². The molecule has 1 aromatic heterocycles. The number of carboxylic acid groups (broad SMARTS) is 1. The lowest BCUT2D eigenvalue weighted by atomic mass is 10.1. The summed E-state index contributed by atoms with van der Waals surface area (Å²) in [7, 11) is 0. The van der Waals surface area contributed by atoms with Crippen molar-refractivity contribution in [1.29, 1.82) is 0 Å². The summed E-state index contributed by atoms with van der Waals surface area (Å²) >= 11 is 6.12. The van der Waals surface area contributed by atoms with Crippen molar-refractivity contribution in [3.63, 3.8) is 0 Å². The number of carboxylic acids is 1. The smallest absolute Gasteiger partial charge is 0.326 e. The lowest BCUT2D eigenvalue weighted by molar-refractivity contribution is -0.134. The Balaban J connectivity index is 1.58. The molecule has 166 valence electrons. The molecule has 0 aliphatic carbocycles. The third kappa shape index (κ3) is 5.63. The Morgan fingerprint density at radius 2 is 1.73 bits per heavy atom. The van der Waals surface area contributed by atoms with Crippen LogP contribution >= 0.6 is 11.6 Å². The SMILES string of the molecule is O=C(O)CNc1ncnc(Oc2cc(NC(=O)Nc3ccccc3Cl)c3ccccc3c2)n1. The van der Waals surface area contributed by atoms with Crippen molar-refractivity contribution in [3.8, 4) is 11.8 Å². The molecule has 4 aromatic rings. The van der Waals surface area contributed by atoms with Crippen LogP contribution in [0.4, 0.5) is 22.1 Å². The number of halogens is 1. The number of amides is 2. The summed E-state index contributed by atoms with van der Waals surface area (Å²) < 4.78 is 5.75. The molecule has 0 aliphatic heterocycles. The predicted molar refractivity (Wildman–Crippen MR) is 124 cm³/mol. The van der Waals surface area contributed by atoms with E-state index in [0.717, 1.165) is 10.8 Å². The number of hydrogen-bond donors (Lipinski definition) is 4. The number of para-hydroxylation sites is 1. The first-order chi connectivity index (χ1) is 16.0. The number of carbonyl (C=O) groups is 2. The Kier molecular flexibility index (Phi) is 6.46. The monoisotopic (exact) mass is 464 g/mol. The van der Waals surface area contributed by atoms with E-state index in [1.54, 1.807) is 36.4 Å². The number of benzene rings is 3. The molecular formula is C22H17ClN6O4. The van der Waals surface area contributed by atoms with Gasteiger partial charge in [0.2, 0.25) is 5.95 Å². The number of anilines is 3. The van der Waals surface area contributed by atoms with Gasteiger partial charge in [0.05, 0.1) is 16.4 Å². The summed E-state index contributed by atoms with van der Waals surface area (Å²) in [5.74, 6) is -0.643. The third-order valence-corrected chi connectivity index (χ3v) is 4.69. The third-order valence-electron chi connectivity index (χ3n) is 4.36. The number of ether oxygens (including phenoxy) is 1. The van der Waals surface area contributed by atoms with Crippen molar-refractivity contribution in [2.75, 3.05) is 22.5 Å². The summed E-state index contributed by atoms with van der Waals surface area (Å²) in [6.07, 6.45) is 1.20. The van der Waals surface area contributed by atoms with Crippen LogP contribution in [0.25, 0.3) is 10.8 Å². The normalized spacial score (nSPS) is 10.5. The molecule has 11 heteroatoms. The fourth-order valence-corrected chi connectivity index (χ4v) is 3.14. The number of rotatable bonds is 7. The summed E-state index contributed by atoms with van der Waals surface area (Å²) in [6.45, 7) is -0.353. The van der Waals surface area contributed by atoms with Crippen molar-refractivity contribution in [3.05, 3.63) is 72.0 Å². The van der Waals surface area contributed by atoms with Crippen molar-refractivity contribution < 1.29 is 19.4 Å². The number of aromatic nitrogens is 3. The minimum absolute atomic E-state index is 0.0420. The maximum atomic E-state index is 12.6. The van der Waals surface area contributed by atoms with E-state index in [4.69, 9.17) is 21.4 Å². The summed E-state index contributed by atoms with van der Waals surface area (Å²) in [4.78, 5) is 35.2. The van der Waals surface area contributed by atoms with E-state index in [9.17, 15) is 9.59 Å². The van der Waals surface area contributed by atoms with Crippen LogP contribution in [0.1, 0.15) is 0 Å². The predicted octanol–water partition coefficient (Wildman–Crippen LogP) is 4.61. The zero-order valence-corrected chi connectivity index (χ0v) is 17.7. The molecule has 3 aromatic carbocycles. The van der Waals surface area contributed by atoms with Gasteiger partial charge in [-0.1, -0.05) is 48.0 Å².